The molecule has 0 spiro atoms. The Morgan fingerprint density at radius 2 is 2.11 bits per heavy atom. The number of hydrogen-bond donors (Lipinski definition) is 1. The molecule has 0 saturated heterocycles. The van der Waals surface area contributed by atoms with Gasteiger partial charge in [-0.25, -0.2) is 4.98 Å². The Morgan fingerprint density at radius 1 is 1.32 bits per heavy atom. The van der Waals surface area contributed by atoms with E-state index < -0.39 is 12.6 Å². The molecule has 0 radical (unpaired) electrons. The average Bonchev–Trinajstić information content (AvgIpc) is 3.12. The van der Waals surface area contributed by atoms with Gasteiger partial charge < -0.3 is 9.88 Å². The van der Waals surface area contributed by atoms with Crippen molar-refractivity contribution >= 4 is 0 Å². The maximum Gasteiger partial charge on any atom is 0.389 e. The number of fused-ring (bicyclic) bond motifs is 1. The second kappa shape index (κ2) is 4.81. The molecule has 6 heteroatoms. The first-order valence-electron chi connectivity index (χ1n) is 6.90. The normalized spacial score (nSPS) is 19.5. The van der Waals surface area contributed by atoms with Crippen molar-refractivity contribution in [3.05, 3.63) is 17.2 Å². The molecule has 0 unspecified atom stereocenters. The van der Waals surface area contributed by atoms with Crippen LogP contribution in [0.1, 0.15) is 48.8 Å². The zero-order chi connectivity index (χ0) is 13.5. The minimum Gasteiger partial charge on any atom is -0.331 e. The van der Waals surface area contributed by atoms with Crippen LogP contribution in [0.5, 0.6) is 0 Å². The summed E-state index contributed by atoms with van der Waals surface area (Å²) in [5.41, 5.74) is 2.20. The summed E-state index contributed by atoms with van der Waals surface area (Å²) in [5.74, 6) is 1.51. The van der Waals surface area contributed by atoms with E-state index in [0.29, 0.717) is 12.5 Å². The second-order valence-electron chi connectivity index (χ2n) is 5.43. The molecule has 2 aliphatic rings. The number of nitrogens with zero attached hydrogens (tertiary/aromatic N) is 2. The van der Waals surface area contributed by atoms with Crippen molar-refractivity contribution in [2.75, 3.05) is 6.54 Å². The lowest BCUT2D eigenvalue weighted by molar-refractivity contribution is -0.135. The van der Waals surface area contributed by atoms with Crippen LogP contribution in [0.15, 0.2) is 0 Å². The summed E-state index contributed by atoms with van der Waals surface area (Å²) in [6.07, 6.45) is -1.48. The van der Waals surface area contributed by atoms with Gasteiger partial charge in [-0.2, -0.15) is 13.2 Å². The van der Waals surface area contributed by atoms with E-state index >= 15 is 0 Å². The molecule has 1 aliphatic carbocycles. The van der Waals surface area contributed by atoms with E-state index in [4.69, 9.17) is 0 Å². The molecule has 2 heterocycles. The molecule has 1 saturated carbocycles. The summed E-state index contributed by atoms with van der Waals surface area (Å²) in [7, 11) is 0. The van der Waals surface area contributed by atoms with Gasteiger partial charge >= 0.3 is 6.18 Å². The Kier molecular flexibility index (Phi) is 3.28. The van der Waals surface area contributed by atoms with E-state index in [0.717, 1.165) is 49.6 Å². The number of alkyl halides is 3. The Hall–Kier alpha value is -1.04. The summed E-state index contributed by atoms with van der Waals surface area (Å²) in [6, 6.07) is 0. The third-order valence-corrected chi connectivity index (χ3v) is 3.80. The van der Waals surface area contributed by atoms with Crippen LogP contribution < -0.4 is 5.32 Å². The first-order valence-corrected chi connectivity index (χ1v) is 6.90. The Labute approximate surface area is 110 Å². The molecule has 0 amide bonds. The molecule has 1 aliphatic heterocycles. The van der Waals surface area contributed by atoms with Crippen LogP contribution in [0.3, 0.4) is 0 Å². The number of aromatic nitrogens is 2. The van der Waals surface area contributed by atoms with Gasteiger partial charge in [0.05, 0.1) is 5.69 Å². The van der Waals surface area contributed by atoms with Crippen molar-refractivity contribution in [3.8, 4) is 0 Å². The second-order valence-corrected chi connectivity index (χ2v) is 5.43. The van der Waals surface area contributed by atoms with E-state index in [1.807, 2.05) is 0 Å². The molecular formula is C13H18F3N3. The third kappa shape index (κ3) is 2.94. The predicted molar refractivity (Wildman–Crippen MR) is 64.9 cm³/mol. The molecule has 3 nitrogen and oxygen atoms in total. The quantitative estimate of drug-likeness (QED) is 0.914. The molecule has 1 aromatic heterocycles. The van der Waals surface area contributed by atoms with Gasteiger partial charge in [-0.3, -0.25) is 0 Å². The Morgan fingerprint density at radius 3 is 2.79 bits per heavy atom. The fraction of sp³-hybridized carbons (Fsp3) is 0.769. The lowest BCUT2D eigenvalue weighted by Crippen LogP contribution is -2.25. The monoisotopic (exact) mass is 273 g/mol. The first-order chi connectivity index (χ1) is 9.04. The number of nitrogens with one attached hydrogen (secondary N) is 1. The van der Waals surface area contributed by atoms with Crippen LogP contribution in [0.4, 0.5) is 13.2 Å². The van der Waals surface area contributed by atoms with Gasteiger partial charge in [0, 0.05) is 44.1 Å². The Bertz CT molecular complexity index is 460. The van der Waals surface area contributed by atoms with E-state index in [1.165, 1.54) is 0 Å². The summed E-state index contributed by atoms with van der Waals surface area (Å²) in [5, 5.41) is 3.27. The zero-order valence-electron chi connectivity index (χ0n) is 10.8. The lowest BCUT2D eigenvalue weighted by atomic mass is 10.2. The van der Waals surface area contributed by atoms with Gasteiger partial charge in [0.25, 0.3) is 0 Å². The highest BCUT2D eigenvalue weighted by molar-refractivity contribution is 5.24. The van der Waals surface area contributed by atoms with Crippen molar-refractivity contribution in [3.63, 3.8) is 0 Å². The van der Waals surface area contributed by atoms with Gasteiger partial charge in [-0.15, -0.1) is 0 Å². The summed E-state index contributed by atoms with van der Waals surface area (Å²) >= 11 is 0. The van der Waals surface area contributed by atoms with Gasteiger partial charge in [-0.05, 0) is 19.3 Å². The van der Waals surface area contributed by atoms with Crippen molar-refractivity contribution in [1.82, 2.24) is 14.9 Å². The highest BCUT2D eigenvalue weighted by Crippen LogP contribution is 2.40. The zero-order valence-corrected chi connectivity index (χ0v) is 10.8. The summed E-state index contributed by atoms with van der Waals surface area (Å²) in [4.78, 5) is 4.65. The minimum atomic E-state index is -4.05. The molecule has 19 heavy (non-hydrogen) atoms. The molecular weight excluding hydrogens is 255 g/mol. The highest BCUT2D eigenvalue weighted by atomic mass is 19.4. The SMILES string of the molecule is FC(F)(F)CCCn1c(C2CC2)nc2c1CCNC2. The van der Waals surface area contributed by atoms with Crippen LogP contribution in [0.25, 0.3) is 0 Å². The van der Waals surface area contributed by atoms with Crippen LogP contribution in [0.2, 0.25) is 0 Å². The number of halogens is 3. The topological polar surface area (TPSA) is 29.9 Å². The van der Waals surface area contributed by atoms with Gasteiger partial charge in [-0.1, -0.05) is 0 Å². The average molecular weight is 273 g/mol. The van der Waals surface area contributed by atoms with Crippen LogP contribution in [-0.2, 0) is 19.5 Å². The van der Waals surface area contributed by atoms with Crippen LogP contribution in [-0.4, -0.2) is 22.3 Å². The van der Waals surface area contributed by atoms with E-state index in [-0.39, 0.29) is 6.42 Å². The predicted octanol–water partition coefficient (Wildman–Crippen LogP) is 2.75. The standard InChI is InChI=1S/C13H18F3N3/c14-13(15,16)5-1-7-19-11-4-6-17-8-10(11)18-12(19)9-2-3-9/h9,17H,1-8H2. The smallest absolute Gasteiger partial charge is 0.331 e. The summed E-state index contributed by atoms with van der Waals surface area (Å²) < 4.78 is 38.8. The molecule has 1 fully saturated rings. The molecule has 3 rings (SSSR count). The third-order valence-electron chi connectivity index (χ3n) is 3.80. The Balaban J connectivity index is 1.76. The van der Waals surface area contributed by atoms with E-state index in [9.17, 15) is 13.2 Å². The molecule has 1 N–H and O–H groups in total. The fourth-order valence-electron chi connectivity index (χ4n) is 2.73. The number of imidazole rings is 1. The molecule has 106 valence electrons. The van der Waals surface area contributed by atoms with Crippen LogP contribution in [0, 0.1) is 0 Å². The maximum atomic E-state index is 12.3. The van der Waals surface area contributed by atoms with Crippen molar-refractivity contribution in [1.29, 1.82) is 0 Å². The van der Waals surface area contributed by atoms with E-state index in [1.54, 1.807) is 0 Å². The van der Waals surface area contributed by atoms with Gasteiger partial charge in [0.15, 0.2) is 0 Å². The highest BCUT2D eigenvalue weighted by Gasteiger charge is 2.32. The summed E-state index contributed by atoms with van der Waals surface area (Å²) in [6.45, 7) is 2.09. The maximum absolute atomic E-state index is 12.3. The first kappa shape index (κ1) is 13.0. The largest absolute Gasteiger partial charge is 0.389 e. The van der Waals surface area contributed by atoms with Crippen molar-refractivity contribution in [2.45, 2.75) is 57.3 Å². The van der Waals surface area contributed by atoms with Gasteiger partial charge in [0.1, 0.15) is 5.82 Å². The van der Waals surface area contributed by atoms with Crippen molar-refractivity contribution in [2.24, 2.45) is 0 Å². The fourth-order valence-corrected chi connectivity index (χ4v) is 2.73. The molecule has 1 aromatic rings. The molecule has 0 atom stereocenters. The van der Waals surface area contributed by atoms with E-state index in [2.05, 4.69) is 14.9 Å². The molecule has 0 bridgehead atoms. The lowest BCUT2D eigenvalue weighted by Gasteiger charge is -2.16. The van der Waals surface area contributed by atoms with Crippen LogP contribution >= 0.6 is 0 Å². The number of hydrogen-bond acceptors (Lipinski definition) is 2. The molecule has 0 aromatic carbocycles. The number of rotatable bonds is 4. The van der Waals surface area contributed by atoms with Gasteiger partial charge in [0.2, 0.25) is 0 Å². The minimum absolute atomic E-state index is 0.152. The van der Waals surface area contributed by atoms with Crippen molar-refractivity contribution < 1.29 is 13.2 Å².